The van der Waals surface area contributed by atoms with E-state index >= 15 is 0 Å². The molecule has 0 aliphatic rings. The largest absolute Gasteiger partial charge is 0.259 e. The number of pyridine rings is 1. The van der Waals surface area contributed by atoms with Crippen LogP contribution in [0.25, 0.3) is 0 Å². The Hall–Kier alpha value is -1.70. The Morgan fingerprint density at radius 3 is 3.00 bits per heavy atom. The van der Waals surface area contributed by atoms with Crippen molar-refractivity contribution < 1.29 is 0 Å². The van der Waals surface area contributed by atoms with Crippen LogP contribution in [-0.2, 0) is 0 Å². The van der Waals surface area contributed by atoms with Crippen LogP contribution in [-0.4, -0.2) is 10.7 Å². The highest BCUT2D eigenvalue weighted by molar-refractivity contribution is 5.99. The SMILES string of the molecule is C=C/C=C\N=C(CC)c1ccccn1. The van der Waals surface area contributed by atoms with Gasteiger partial charge in [-0.3, -0.25) is 9.98 Å². The molecule has 0 saturated carbocycles. The number of rotatable bonds is 4. The zero-order valence-corrected chi connectivity index (χ0v) is 8.35. The van der Waals surface area contributed by atoms with E-state index in [9.17, 15) is 0 Å². The van der Waals surface area contributed by atoms with Gasteiger partial charge in [-0.15, -0.1) is 0 Å². The van der Waals surface area contributed by atoms with Gasteiger partial charge in [-0.1, -0.05) is 25.6 Å². The lowest BCUT2D eigenvalue weighted by Gasteiger charge is -1.99. The average Bonchev–Trinajstić information content (AvgIpc) is 2.26. The fraction of sp³-hybridized carbons (Fsp3) is 0.167. The number of nitrogens with zero attached hydrogens (tertiary/aromatic N) is 2. The summed E-state index contributed by atoms with van der Waals surface area (Å²) in [5.74, 6) is 0. The van der Waals surface area contributed by atoms with Crippen molar-refractivity contribution in [2.75, 3.05) is 0 Å². The van der Waals surface area contributed by atoms with Gasteiger partial charge in [0.2, 0.25) is 0 Å². The van der Waals surface area contributed by atoms with Crippen LogP contribution in [0.3, 0.4) is 0 Å². The molecule has 0 saturated heterocycles. The molecule has 1 aromatic rings. The molecule has 0 radical (unpaired) electrons. The van der Waals surface area contributed by atoms with Crippen LogP contribution in [0.1, 0.15) is 19.0 Å². The average molecular weight is 186 g/mol. The third-order valence-electron chi connectivity index (χ3n) is 1.75. The van der Waals surface area contributed by atoms with Crippen molar-refractivity contribution in [2.24, 2.45) is 4.99 Å². The molecule has 0 atom stereocenters. The lowest BCUT2D eigenvalue weighted by atomic mass is 10.2. The highest BCUT2D eigenvalue weighted by Gasteiger charge is 1.98. The van der Waals surface area contributed by atoms with Crippen LogP contribution in [0.4, 0.5) is 0 Å². The molecular formula is C12H14N2. The summed E-state index contributed by atoms with van der Waals surface area (Å²) in [5.41, 5.74) is 1.92. The van der Waals surface area contributed by atoms with Gasteiger partial charge >= 0.3 is 0 Å². The molecule has 0 bridgehead atoms. The fourth-order valence-corrected chi connectivity index (χ4v) is 1.07. The molecular weight excluding hydrogens is 172 g/mol. The van der Waals surface area contributed by atoms with Crippen molar-refractivity contribution >= 4 is 5.71 Å². The van der Waals surface area contributed by atoms with Crippen LogP contribution in [0.5, 0.6) is 0 Å². The summed E-state index contributed by atoms with van der Waals surface area (Å²) in [6.45, 7) is 5.65. The maximum absolute atomic E-state index is 4.30. The molecule has 2 heteroatoms. The summed E-state index contributed by atoms with van der Waals surface area (Å²) in [6, 6.07) is 5.82. The quantitative estimate of drug-likeness (QED) is 0.524. The van der Waals surface area contributed by atoms with Crippen LogP contribution >= 0.6 is 0 Å². The second-order valence-electron chi connectivity index (χ2n) is 2.72. The number of hydrogen-bond donors (Lipinski definition) is 0. The summed E-state index contributed by atoms with van der Waals surface area (Å²) < 4.78 is 0. The van der Waals surface area contributed by atoms with Crippen molar-refractivity contribution in [3.05, 3.63) is 55.0 Å². The molecule has 1 rings (SSSR count). The van der Waals surface area contributed by atoms with E-state index in [1.54, 1.807) is 24.5 Å². The Balaban J connectivity index is 2.87. The van der Waals surface area contributed by atoms with E-state index in [4.69, 9.17) is 0 Å². The Bertz CT molecular complexity index is 337. The van der Waals surface area contributed by atoms with Gasteiger partial charge in [-0.2, -0.15) is 0 Å². The van der Waals surface area contributed by atoms with Gasteiger partial charge in [0.25, 0.3) is 0 Å². The van der Waals surface area contributed by atoms with Gasteiger partial charge in [0.1, 0.15) is 0 Å². The van der Waals surface area contributed by atoms with Crippen LogP contribution < -0.4 is 0 Å². The van der Waals surface area contributed by atoms with Gasteiger partial charge < -0.3 is 0 Å². The highest BCUT2D eigenvalue weighted by atomic mass is 14.8. The molecule has 0 fully saturated rings. The fourth-order valence-electron chi connectivity index (χ4n) is 1.07. The first-order valence-electron chi connectivity index (χ1n) is 4.64. The summed E-state index contributed by atoms with van der Waals surface area (Å²) >= 11 is 0. The van der Waals surface area contributed by atoms with Crippen molar-refractivity contribution in [2.45, 2.75) is 13.3 Å². The monoisotopic (exact) mass is 186 g/mol. The smallest absolute Gasteiger partial charge is 0.0844 e. The number of aliphatic imine (C=N–C) groups is 1. The van der Waals surface area contributed by atoms with Gasteiger partial charge in [0.05, 0.1) is 11.4 Å². The van der Waals surface area contributed by atoms with E-state index in [1.807, 2.05) is 18.2 Å². The molecule has 0 aliphatic carbocycles. The van der Waals surface area contributed by atoms with Crippen molar-refractivity contribution in [1.82, 2.24) is 4.98 Å². The first-order valence-corrected chi connectivity index (χ1v) is 4.64. The maximum atomic E-state index is 4.30. The molecule has 1 aromatic heterocycles. The Morgan fingerprint density at radius 2 is 2.43 bits per heavy atom. The lowest BCUT2D eigenvalue weighted by molar-refractivity contribution is 1.20. The first kappa shape index (κ1) is 10.4. The van der Waals surface area contributed by atoms with E-state index in [2.05, 4.69) is 23.5 Å². The number of aromatic nitrogens is 1. The van der Waals surface area contributed by atoms with Gasteiger partial charge in [-0.05, 0) is 24.6 Å². The first-order chi connectivity index (χ1) is 6.88. The van der Waals surface area contributed by atoms with Gasteiger partial charge in [0, 0.05) is 12.4 Å². The summed E-state index contributed by atoms with van der Waals surface area (Å²) in [7, 11) is 0. The van der Waals surface area contributed by atoms with E-state index in [0.717, 1.165) is 17.8 Å². The third kappa shape index (κ3) is 2.98. The highest BCUT2D eigenvalue weighted by Crippen LogP contribution is 2.00. The minimum Gasteiger partial charge on any atom is -0.259 e. The summed E-state index contributed by atoms with van der Waals surface area (Å²) in [5, 5.41) is 0. The van der Waals surface area contributed by atoms with E-state index in [0.29, 0.717) is 0 Å². The molecule has 0 unspecified atom stereocenters. The molecule has 0 aromatic carbocycles. The van der Waals surface area contributed by atoms with Gasteiger partial charge in [-0.25, -0.2) is 0 Å². The molecule has 0 spiro atoms. The van der Waals surface area contributed by atoms with Crippen LogP contribution in [0.2, 0.25) is 0 Å². The van der Waals surface area contributed by atoms with Crippen molar-refractivity contribution in [1.29, 1.82) is 0 Å². The predicted octanol–water partition coefficient (Wildman–Crippen LogP) is 2.98. The maximum Gasteiger partial charge on any atom is 0.0844 e. The van der Waals surface area contributed by atoms with Crippen LogP contribution in [0.15, 0.2) is 54.3 Å². The molecule has 72 valence electrons. The summed E-state index contributed by atoms with van der Waals surface area (Å²) in [6.07, 6.45) is 7.89. The van der Waals surface area contributed by atoms with E-state index < -0.39 is 0 Å². The Labute approximate surface area is 84.7 Å². The normalized spacial score (nSPS) is 11.9. The molecule has 0 N–H and O–H groups in total. The summed E-state index contributed by atoms with van der Waals surface area (Å²) in [4.78, 5) is 8.54. The Kier molecular flexibility index (Phi) is 4.35. The molecule has 1 heterocycles. The standard InChI is InChI=1S/C12H14N2/c1-3-5-9-13-11(4-2)12-8-6-7-10-14-12/h3,5-10H,1,4H2,2H3/b9-5-,13-11?. The molecule has 0 aliphatic heterocycles. The topological polar surface area (TPSA) is 25.2 Å². The minimum atomic E-state index is 0.874. The Morgan fingerprint density at radius 1 is 1.57 bits per heavy atom. The molecule has 0 amide bonds. The van der Waals surface area contributed by atoms with Crippen molar-refractivity contribution in [3.8, 4) is 0 Å². The molecule has 2 nitrogen and oxygen atoms in total. The zero-order chi connectivity index (χ0) is 10.2. The second-order valence-corrected chi connectivity index (χ2v) is 2.72. The predicted molar refractivity (Wildman–Crippen MR) is 60.4 cm³/mol. The second kappa shape index (κ2) is 5.86. The van der Waals surface area contributed by atoms with E-state index in [-0.39, 0.29) is 0 Å². The lowest BCUT2D eigenvalue weighted by Crippen LogP contribution is -2.00. The minimum absolute atomic E-state index is 0.874. The van der Waals surface area contributed by atoms with Crippen molar-refractivity contribution in [3.63, 3.8) is 0 Å². The van der Waals surface area contributed by atoms with Gasteiger partial charge in [0.15, 0.2) is 0 Å². The van der Waals surface area contributed by atoms with E-state index in [1.165, 1.54) is 0 Å². The van der Waals surface area contributed by atoms with Crippen LogP contribution in [0, 0.1) is 0 Å². The molecule has 14 heavy (non-hydrogen) atoms. The zero-order valence-electron chi connectivity index (χ0n) is 8.35. The number of hydrogen-bond acceptors (Lipinski definition) is 2. The third-order valence-corrected chi connectivity index (χ3v) is 1.75. The number of allylic oxidation sites excluding steroid dienone is 2.